The van der Waals surface area contributed by atoms with E-state index < -0.39 is 0 Å². The number of hydrogen-bond acceptors (Lipinski definition) is 3. The van der Waals surface area contributed by atoms with Gasteiger partial charge in [-0.2, -0.15) is 12.6 Å². The molecule has 2 fully saturated rings. The largest absolute Gasteiger partial charge is 0.353 e. The first kappa shape index (κ1) is 11.8. The Kier molecular flexibility index (Phi) is 3.74. The minimum Gasteiger partial charge on any atom is -0.353 e. The fraction of sp³-hybridized carbons (Fsp3) is 0.818. The number of nitrogens with zero attached hydrogens (tertiary/aromatic N) is 1. The lowest BCUT2D eigenvalue weighted by Crippen LogP contribution is -2.55. The van der Waals surface area contributed by atoms with E-state index >= 15 is 0 Å². The molecule has 2 unspecified atom stereocenters. The van der Waals surface area contributed by atoms with Crippen molar-refractivity contribution in [3.8, 4) is 0 Å². The Morgan fingerprint density at radius 1 is 1.50 bits per heavy atom. The van der Waals surface area contributed by atoms with E-state index in [4.69, 9.17) is 0 Å². The van der Waals surface area contributed by atoms with Crippen LogP contribution in [0.2, 0.25) is 0 Å². The molecule has 0 aromatic heterocycles. The summed E-state index contributed by atoms with van der Waals surface area (Å²) in [6.07, 6.45) is 2.94. The highest BCUT2D eigenvalue weighted by Crippen LogP contribution is 2.25. The van der Waals surface area contributed by atoms with Crippen molar-refractivity contribution >= 4 is 24.4 Å². The van der Waals surface area contributed by atoms with E-state index in [1.54, 1.807) is 0 Å². The summed E-state index contributed by atoms with van der Waals surface area (Å²) in [5.41, 5.74) is 0. The highest BCUT2D eigenvalue weighted by Gasteiger charge is 2.34. The number of thiol groups is 1. The van der Waals surface area contributed by atoms with E-state index in [9.17, 15) is 9.59 Å². The van der Waals surface area contributed by atoms with Gasteiger partial charge in [0.1, 0.15) is 0 Å². The molecule has 2 heterocycles. The zero-order chi connectivity index (χ0) is 11.5. The standard InChI is InChI=1S/C11H18N2O2S/c14-10-2-1-8-7-13(11(15)4-6-16)5-3-9(8)12-10/h8-9,16H,1-7H2,(H,12,14). The zero-order valence-corrected chi connectivity index (χ0v) is 10.2. The Bertz CT molecular complexity index is 296. The lowest BCUT2D eigenvalue weighted by molar-refractivity contribution is -0.134. The average molecular weight is 242 g/mol. The number of carbonyl (C=O) groups is 2. The van der Waals surface area contributed by atoms with Gasteiger partial charge in [-0.15, -0.1) is 0 Å². The van der Waals surface area contributed by atoms with Crippen molar-refractivity contribution in [3.63, 3.8) is 0 Å². The molecule has 0 aromatic carbocycles. The van der Waals surface area contributed by atoms with Crippen LogP contribution in [0.3, 0.4) is 0 Å². The molecule has 2 rings (SSSR count). The molecule has 90 valence electrons. The van der Waals surface area contributed by atoms with E-state index in [2.05, 4.69) is 17.9 Å². The van der Waals surface area contributed by atoms with Crippen molar-refractivity contribution in [2.45, 2.75) is 31.7 Å². The van der Waals surface area contributed by atoms with Gasteiger partial charge in [0.25, 0.3) is 0 Å². The second kappa shape index (κ2) is 5.08. The van der Waals surface area contributed by atoms with Gasteiger partial charge in [-0.05, 0) is 24.5 Å². The van der Waals surface area contributed by atoms with E-state index in [-0.39, 0.29) is 11.8 Å². The number of hydrogen-bond donors (Lipinski definition) is 2. The molecular formula is C11H18N2O2S. The van der Waals surface area contributed by atoms with Gasteiger partial charge in [0.15, 0.2) is 0 Å². The fourth-order valence-corrected chi connectivity index (χ4v) is 2.78. The summed E-state index contributed by atoms with van der Waals surface area (Å²) in [6, 6.07) is 0.293. The van der Waals surface area contributed by atoms with Gasteiger partial charge in [0.2, 0.25) is 11.8 Å². The van der Waals surface area contributed by atoms with Gasteiger partial charge in [-0.25, -0.2) is 0 Å². The Labute approximate surface area is 101 Å². The molecule has 4 nitrogen and oxygen atoms in total. The van der Waals surface area contributed by atoms with Crippen LogP contribution in [0.1, 0.15) is 25.7 Å². The van der Waals surface area contributed by atoms with Crippen molar-refractivity contribution in [2.24, 2.45) is 5.92 Å². The van der Waals surface area contributed by atoms with Crippen molar-refractivity contribution < 1.29 is 9.59 Å². The SMILES string of the molecule is O=C1CCC2CN(C(=O)CCS)CCC2N1. The highest BCUT2D eigenvalue weighted by atomic mass is 32.1. The minimum absolute atomic E-state index is 0.163. The van der Waals surface area contributed by atoms with Crippen LogP contribution in [0.4, 0.5) is 0 Å². The van der Waals surface area contributed by atoms with Crippen molar-refractivity contribution in [1.82, 2.24) is 10.2 Å². The second-order valence-electron chi connectivity index (χ2n) is 4.57. The number of amides is 2. The summed E-state index contributed by atoms with van der Waals surface area (Å²) in [4.78, 5) is 24.9. The van der Waals surface area contributed by atoms with Crippen LogP contribution in [-0.4, -0.2) is 41.6 Å². The molecule has 2 aliphatic heterocycles. The Morgan fingerprint density at radius 2 is 2.31 bits per heavy atom. The Balaban J connectivity index is 1.90. The number of piperidine rings is 2. The smallest absolute Gasteiger partial charge is 0.223 e. The van der Waals surface area contributed by atoms with Crippen LogP contribution in [0.25, 0.3) is 0 Å². The summed E-state index contributed by atoms with van der Waals surface area (Å²) in [5, 5.41) is 3.02. The first-order chi connectivity index (χ1) is 7.70. The van der Waals surface area contributed by atoms with Gasteiger partial charge < -0.3 is 10.2 Å². The van der Waals surface area contributed by atoms with Crippen molar-refractivity contribution in [1.29, 1.82) is 0 Å². The topological polar surface area (TPSA) is 49.4 Å². The van der Waals surface area contributed by atoms with E-state index in [0.717, 1.165) is 25.9 Å². The maximum atomic E-state index is 11.7. The summed E-state index contributed by atoms with van der Waals surface area (Å²) in [5.74, 6) is 1.43. The summed E-state index contributed by atoms with van der Waals surface area (Å²) >= 11 is 4.08. The Hall–Kier alpha value is -0.710. The third-order valence-corrected chi connectivity index (χ3v) is 3.72. The second-order valence-corrected chi connectivity index (χ2v) is 5.02. The monoisotopic (exact) mass is 242 g/mol. The normalized spacial score (nSPS) is 29.6. The maximum absolute atomic E-state index is 11.7. The molecule has 1 N–H and O–H groups in total. The minimum atomic E-state index is 0.163. The average Bonchev–Trinajstić information content (AvgIpc) is 2.28. The van der Waals surface area contributed by atoms with Gasteiger partial charge in [0, 0.05) is 32.0 Å². The molecule has 0 bridgehead atoms. The van der Waals surface area contributed by atoms with Crippen LogP contribution in [0.5, 0.6) is 0 Å². The van der Waals surface area contributed by atoms with E-state index in [1.165, 1.54) is 0 Å². The van der Waals surface area contributed by atoms with Crippen LogP contribution in [0.15, 0.2) is 0 Å². The summed E-state index contributed by atoms with van der Waals surface area (Å²) < 4.78 is 0. The molecule has 2 amide bonds. The van der Waals surface area contributed by atoms with E-state index in [0.29, 0.717) is 30.6 Å². The molecule has 0 saturated carbocycles. The predicted octanol–water partition coefficient (Wildman–Crippen LogP) is 0.433. The maximum Gasteiger partial charge on any atom is 0.223 e. The molecule has 5 heteroatoms. The molecule has 0 radical (unpaired) electrons. The van der Waals surface area contributed by atoms with Gasteiger partial charge in [-0.1, -0.05) is 0 Å². The van der Waals surface area contributed by atoms with Crippen molar-refractivity contribution in [3.05, 3.63) is 0 Å². The van der Waals surface area contributed by atoms with Gasteiger partial charge in [-0.3, -0.25) is 9.59 Å². The van der Waals surface area contributed by atoms with Crippen LogP contribution in [-0.2, 0) is 9.59 Å². The summed E-state index contributed by atoms with van der Waals surface area (Å²) in [7, 11) is 0. The molecule has 2 atom stereocenters. The fourth-order valence-electron chi connectivity index (χ4n) is 2.59. The Morgan fingerprint density at radius 3 is 3.06 bits per heavy atom. The number of rotatable bonds is 2. The number of likely N-dealkylation sites (tertiary alicyclic amines) is 1. The predicted molar refractivity (Wildman–Crippen MR) is 64.3 cm³/mol. The number of fused-ring (bicyclic) bond motifs is 1. The molecule has 2 saturated heterocycles. The molecule has 16 heavy (non-hydrogen) atoms. The lowest BCUT2D eigenvalue weighted by Gasteiger charge is -2.41. The lowest BCUT2D eigenvalue weighted by atomic mass is 9.85. The molecular weight excluding hydrogens is 224 g/mol. The molecule has 0 aromatic rings. The molecule has 0 spiro atoms. The zero-order valence-electron chi connectivity index (χ0n) is 9.32. The molecule has 2 aliphatic rings. The van der Waals surface area contributed by atoms with E-state index in [1.807, 2.05) is 4.90 Å². The first-order valence-corrected chi connectivity index (χ1v) is 6.52. The van der Waals surface area contributed by atoms with Crippen LogP contribution < -0.4 is 5.32 Å². The van der Waals surface area contributed by atoms with Gasteiger partial charge in [0.05, 0.1) is 0 Å². The quantitative estimate of drug-likeness (QED) is 0.690. The van der Waals surface area contributed by atoms with Crippen molar-refractivity contribution in [2.75, 3.05) is 18.8 Å². The van der Waals surface area contributed by atoms with Crippen LogP contribution >= 0.6 is 12.6 Å². The molecule has 0 aliphatic carbocycles. The number of nitrogens with one attached hydrogen (secondary N) is 1. The van der Waals surface area contributed by atoms with Crippen LogP contribution in [0, 0.1) is 5.92 Å². The first-order valence-electron chi connectivity index (χ1n) is 5.88. The van der Waals surface area contributed by atoms with Gasteiger partial charge >= 0.3 is 0 Å². The number of carbonyl (C=O) groups excluding carboxylic acids is 2. The highest BCUT2D eigenvalue weighted by molar-refractivity contribution is 7.80. The third kappa shape index (κ3) is 2.51. The third-order valence-electron chi connectivity index (χ3n) is 3.50. The summed E-state index contributed by atoms with van der Waals surface area (Å²) in [6.45, 7) is 1.58.